The van der Waals surface area contributed by atoms with E-state index in [-0.39, 0.29) is 24.3 Å². The summed E-state index contributed by atoms with van der Waals surface area (Å²) in [5.74, 6) is -2.99. The van der Waals surface area contributed by atoms with Gasteiger partial charge in [-0.1, -0.05) is 25.3 Å². The van der Waals surface area contributed by atoms with Gasteiger partial charge >= 0.3 is 5.97 Å². The molecule has 2 aliphatic rings. The van der Waals surface area contributed by atoms with Gasteiger partial charge in [0.25, 0.3) is 0 Å². The van der Waals surface area contributed by atoms with Gasteiger partial charge in [-0.3, -0.25) is 9.59 Å². The number of halogens is 2. The third-order valence-electron chi connectivity index (χ3n) is 5.35. The van der Waals surface area contributed by atoms with E-state index in [2.05, 4.69) is 5.32 Å². The first kappa shape index (κ1) is 16.9. The van der Waals surface area contributed by atoms with Gasteiger partial charge in [-0.2, -0.15) is 0 Å². The van der Waals surface area contributed by atoms with E-state index in [9.17, 15) is 23.5 Å². The summed E-state index contributed by atoms with van der Waals surface area (Å²) >= 11 is 0. The van der Waals surface area contributed by atoms with Gasteiger partial charge in [0, 0.05) is 18.5 Å². The molecule has 0 heterocycles. The molecule has 24 heavy (non-hydrogen) atoms. The number of nitrogens with one attached hydrogen (secondary N) is 1. The van der Waals surface area contributed by atoms with Crippen molar-refractivity contribution in [3.8, 4) is 0 Å². The standard InChI is InChI=1S/C18H21F2NO3/c19-11-4-5-12(15(20)8-11)13-9-14(13)16(22)21-10-18(17(23)24)6-2-1-3-7-18/h4-5,8,13-14H,1-3,6-7,9-10H2,(H,21,22)(H,23,24). The Balaban J connectivity index is 1.59. The van der Waals surface area contributed by atoms with Gasteiger partial charge < -0.3 is 10.4 Å². The first-order chi connectivity index (χ1) is 11.4. The van der Waals surface area contributed by atoms with Crippen LogP contribution in [0.1, 0.15) is 50.0 Å². The Morgan fingerprint density at radius 3 is 2.54 bits per heavy atom. The molecule has 0 saturated heterocycles. The van der Waals surface area contributed by atoms with Gasteiger partial charge in [-0.15, -0.1) is 0 Å². The maximum atomic E-state index is 13.8. The first-order valence-electron chi connectivity index (χ1n) is 8.39. The predicted octanol–water partition coefficient (Wildman–Crippen LogP) is 3.22. The molecule has 1 aromatic carbocycles. The maximum absolute atomic E-state index is 13.8. The van der Waals surface area contributed by atoms with E-state index in [0.29, 0.717) is 24.8 Å². The molecule has 0 spiro atoms. The molecule has 0 radical (unpaired) electrons. The smallest absolute Gasteiger partial charge is 0.311 e. The van der Waals surface area contributed by atoms with Crippen LogP contribution in [0.5, 0.6) is 0 Å². The van der Waals surface area contributed by atoms with Crippen molar-refractivity contribution in [1.82, 2.24) is 5.32 Å². The first-order valence-corrected chi connectivity index (χ1v) is 8.39. The van der Waals surface area contributed by atoms with Crippen LogP contribution >= 0.6 is 0 Å². The average molecular weight is 337 g/mol. The molecule has 0 aliphatic heterocycles. The summed E-state index contributed by atoms with van der Waals surface area (Å²) in [6.45, 7) is 0.121. The molecule has 130 valence electrons. The number of aliphatic carboxylic acids is 1. The number of hydrogen-bond acceptors (Lipinski definition) is 2. The van der Waals surface area contributed by atoms with Crippen molar-refractivity contribution in [2.75, 3.05) is 6.54 Å². The Morgan fingerprint density at radius 1 is 1.21 bits per heavy atom. The number of benzene rings is 1. The zero-order chi connectivity index (χ0) is 17.3. The second-order valence-corrected chi connectivity index (χ2v) is 6.98. The lowest BCUT2D eigenvalue weighted by Crippen LogP contribution is -2.44. The van der Waals surface area contributed by atoms with Crippen LogP contribution in [0.15, 0.2) is 18.2 Å². The predicted molar refractivity (Wildman–Crippen MR) is 83.4 cm³/mol. The average Bonchev–Trinajstić information content (AvgIpc) is 3.34. The molecular formula is C18H21F2NO3. The number of amides is 1. The van der Waals surface area contributed by atoms with E-state index in [1.54, 1.807) is 0 Å². The minimum Gasteiger partial charge on any atom is -0.481 e. The normalized spacial score (nSPS) is 25.1. The van der Waals surface area contributed by atoms with E-state index in [1.807, 2.05) is 0 Å². The highest BCUT2D eigenvalue weighted by molar-refractivity contribution is 5.84. The van der Waals surface area contributed by atoms with E-state index in [0.717, 1.165) is 25.3 Å². The lowest BCUT2D eigenvalue weighted by atomic mass is 9.74. The molecule has 1 aromatic rings. The van der Waals surface area contributed by atoms with Crippen molar-refractivity contribution in [2.24, 2.45) is 11.3 Å². The minimum absolute atomic E-state index is 0.121. The number of carbonyl (C=O) groups is 2. The van der Waals surface area contributed by atoms with Gasteiger partial charge in [0.15, 0.2) is 0 Å². The minimum atomic E-state index is -0.876. The number of carboxylic acids is 1. The molecule has 2 N–H and O–H groups in total. The lowest BCUT2D eigenvalue weighted by Gasteiger charge is -2.33. The second-order valence-electron chi connectivity index (χ2n) is 6.98. The molecule has 0 bridgehead atoms. The van der Waals surface area contributed by atoms with E-state index < -0.39 is 23.0 Å². The van der Waals surface area contributed by atoms with Crippen LogP contribution < -0.4 is 5.32 Å². The van der Waals surface area contributed by atoms with Crippen molar-refractivity contribution in [3.05, 3.63) is 35.4 Å². The zero-order valence-corrected chi connectivity index (χ0v) is 13.4. The lowest BCUT2D eigenvalue weighted by molar-refractivity contribution is -0.151. The number of hydrogen-bond donors (Lipinski definition) is 2. The number of carboxylic acid groups (broad SMARTS) is 1. The van der Waals surface area contributed by atoms with Crippen LogP contribution in [0.25, 0.3) is 0 Å². The summed E-state index contributed by atoms with van der Waals surface area (Å²) in [6.07, 6.45) is 4.39. The molecular weight excluding hydrogens is 316 g/mol. The number of carbonyl (C=O) groups excluding carboxylic acids is 1. The van der Waals surface area contributed by atoms with Crippen LogP contribution in [0.4, 0.5) is 8.78 Å². The van der Waals surface area contributed by atoms with Crippen molar-refractivity contribution in [1.29, 1.82) is 0 Å². The molecule has 0 aromatic heterocycles. The largest absolute Gasteiger partial charge is 0.481 e. The fraction of sp³-hybridized carbons (Fsp3) is 0.556. The van der Waals surface area contributed by atoms with Crippen molar-refractivity contribution in [2.45, 2.75) is 44.4 Å². The molecule has 2 fully saturated rings. The van der Waals surface area contributed by atoms with Crippen LogP contribution in [-0.4, -0.2) is 23.5 Å². The SMILES string of the molecule is O=C(NCC1(C(=O)O)CCCCC1)C1CC1c1ccc(F)cc1F. The van der Waals surface area contributed by atoms with Crippen molar-refractivity contribution in [3.63, 3.8) is 0 Å². The van der Waals surface area contributed by atoms with E-state index >= 15 is 0 Å². The monoisotopic (exact) mass is 337 g/mol. The van der Waals surface area contributed by atoms with Gasteiger partial charge in [-0.05, 0) is 36.8 Å². The Labute approximate surface area is 139 Å². The van der Waals surface area contributed by atoms with Gasteiger partial charge in [0.2, 0.25) is 5.91 Å². The molecule has 1 amide bonds. The highest BCUT2D eigenvalue weighted by Crippen LogP contribution is 2.48. The van der Waals surface area contributed by atoms with Crippen molar-refractivity contribution < 1.29 is 23.5 Å². The number of rotatable bonds is 5. The molecule has 3 rings (SSSR count). The Kier molecular flexibility index (Phi) is 4.56. The second kappa shape index (κ2) is 6.49. The van der Waals surface area contributed by atoms with Gasteiger partial charge in [0.05, 0.1) is 5.41 Å². The summed E-state index contributed by atoms with van der Waals surface area (Å²) in [5, 5.41) is 12.3. The zero-order valence-electron chi connectivity index (χ0n) is 13.4. The highest BCUT2D eigenvalue weighted by atomic mass is 19.1. The quantitative estimate of drug-likeness (QED) is 0.867. The van der Waals surface area contributed by atoms with Gasteiger partial charge in [0.1, 0.15) is 11.6 Å². The molecule has 2 saturated carbocycles. The summed E-state index contributed by atoms with van der Waals surface area (Å²) < 4.78 is 26.7. The van der Waals surface area contributed by atoms with E-state index in [4.69, 9.17) is 0 Å². The molecule has 2 unspecified atom stereocenters. The third-order valence-corrected chi connectivity index (χ3v) is 5.35. The van der Waals surface area contributed by atoms with Crippen LogP contribution in [0.3, 0.4) is 0 Å². The third kappa shape index (κ3) is 3.28. The Hall–Kier alpha value is -1.98. The fourth-order valence-corrected chi connectivity index (χ4v) is 3.71. The summed E-state index contributed by atoms with van der Waals surface area (Å²) in [5.41, 5.74) is -0.526. The fourth-order valence-electron chi connectivity index (χ4n) is 3.71. The highest BCUT2D eigenvalue weighted by Gasteiger charge is 2.46. The molecule has 2 aliphatic carbocycles. The maximum Gasteiger partial charge on any atom is 0.311 e. The van der Waals surface area contributed by atoms with Gasteiger partial charge in [-0.25, -0.2) is 8.78 Å². The summed E-state index contributed by atoms with van der Waals surface area (Å²) in [6, 6.07) is 3.39. The van der Waals surface area contributed by atoms with Crippen LogP contribution in [0.2, 0.25) is 0 Å². The molecule has 4 nitrogen and oxygen atoms in total. The Bertz CT molecular complexity index is 656. The summed E-state index contributed by atoms with van der Waals surface area (Å²) in [7, 11) is 0. The molecule has 6 heteroatoms. The van der Waals surface area contributed by atoms with Crippen LogP contribution in [-0.2, 0) is 9.59 Å². The topological polar surface area (TPSA) is 66.4 Å². The Morgan fingerprint density at radius 2 is 1.92 bits per heavy atom. The summed E-state index contributed by atoms with van der Waals surface area (Å²) in [4.78, 5) is 23.9. The van der Waals surface area contributed by atoms with E-state index in [1.165, 1.54) is 12.1 Å². The van der Waals surface area contributed by atoms with Crippen molar-refractivity contribution >= 4 is 11.9 Å². The molecule has 2 atom stereocenters. The van der Waals surface area contributed by atoms with Crippen LogP contribution in [0, 0.1) is 23.0 Å².